The van der Waals surface area contributed by atoms with Crippen LogP contribution >= 0.6 is 0 Å². The first-order chi connectivity index (χ1) is 11.1. The van der Waals surface area contributed by atoms with Gasteiger partial charge in [0.05, 0.1) is 11.2 Å². The Morgan fingerprint density at radius 2 is 1.74 bits per heavy atom. The molecule has 7 heteroatoms. The van der Waals surface area contributed by atoms with Crippen molar-refractivity contribution in [1.82, 2.24) is 15.0 Å². The number of nitrogens with zero attached hydrogens (tertiary/aromatic N) is 2. The molecular weight excluding hydrogens is 312 g/mol. The first-order valence-corrected chi connectivity index (χ1v) is 8.42. The Morgan fingerprint density at radius 1 is 0.957 bits per heavy atom. The van der Waals surface area contributed by atoms with Gasteiger partial charge in [0, 0.05) is 29.4 Å². The van der Waals surface area contributed by atoms with Crippen molar-refractivity contribution in [2.75, 3.05) is 4.72 Å². The van der Waals surface area contributed by atoms with Crippen molar-refractivity contribution in [1.29, 1.82) is 0 Å². The standard InChI is InChI=1S/C16H12N4O2S/c21-23(22,14-10-19-16-12(14)6-3-9-18-16)20-13-7-1-4-11-5-2-8-17-15(11)13/h1-10,20H,(H,18,19). The summed E-state index contributed by atoms with van der Waals surface area (Å²) < 4.78 is 28.1. The van der Waals surface area contributed by atoms with Crippen LogP contribution in [0.25, 0.3) is 21.9 Å². The van der Waals surface area contributed by atoms with Crippen molar-refractivity contribution in [2.24, 2.45) is 0 Å². The molecule has 0 unspecified atom stereocenters. The smallest absolute Gasteiger partial charge is 0.264 e. The zero-order valence-electron chi connectivity index (χ0n) is 11.9. The van der Waals surface area contributed by atoms with E-state index in [2.05, 4.69) is 19.7 Å². The number of aromatic nitrogens is 3. The van der Waals surface area contributed by atoms with Gasteiger partial charge < -0.3 is 4.98 Å². The van der Waals surface area contributed by atoms with Gasteiger partial charge in [-0.2, -0.15) is 0 Å². The third-order valence-corrected chi connectivity index (χ3v) is 4.99. The molecule has 3 aromatic heterocycles. The summed E-state index contributed by atoms with van der Waals surface area (Å²) in [6.07, 6.45) is 4.69. The number of H-pyrrole nitrogens is 1. The lowest BCUT2D eigenvalue weighted by atomic mass is 10.2. The van der Waals surface area contributed by atoms with Gasteiger partial charge in [0.25, 0.3) is 10.0 Å². The normalized spacial score (nSPS) is 11.8. The number of hydrogen-bond acceptors (Lipinski definition) is 4. The molecule has 4 aromatic rings. The lowest BCUT2D eigenvalue weighted by Gasteiger charge is -2.09. The van der Waals surface area contributed by atoms with Gasteiger partial charge in [0.2, 0.25) is 0 Å². The first-order valence-electron chi connectivity index (χ1n) is 6.94. The molecule has 3 heterocycles. The van der Waals surface area contributed by atoms with E-state index in [1.165, 1.54) is 6.20 Å². The van der Waals surface area contributed by atoms with E-state index in [0.29, 0.717) is 22.2 Å². The summed E-state index contributed by atoms with van der Waals surface area (Å²) in [6, 6.07) is 12.5. The average molecular weight is 324 g/mol. The number of sulfonamides is 1. The molecule has 0 spiro atoms. The summed E-state index contributed by atoms with van der Waals surface area (Å²) in [5, 5.41) is 1.42. The number of nitrogens with one attached hydrogen (secondary N) is 2. The van der Waals surface area contributed by atoms with Crippen LogP contribution in [0.5, 0.6) is 0 Å². The fourth-order valence-electron chi connectivity index (χ4n) is 2.54. The van der Waals surface area contributed by atoms with Crippen molar-refractivity contribution in [3.8, 4) is 0 Å². The van der Waals surface area contributed by atoms with Gasteiger partial charge in [-0.3, -0.25) is 9.71 Å². The van der Waals surface area contributed by atoms with Gasteiger partial charge in [0.1, 0.15) is 10.5 Å². The van der Waals surface area contributed by atoms with Crippen LogP contribution in [0.3, 0.4) is 0 Å². The van der Waals surface area contributed by atoms with Crippen molar-refractivity contribution >= 4 is 37.6 Å². The second kappa shape index (κ2) is 5.06. The van der Waals surface area contributed by atoms with Crippen LogP contribution in [0.2, 0.25) is 0 Å². The molecule has 114 valence electrons. The van der Waals surface area contributed by atoms with Gasteiger partial charge in [-0.15, -0.1) is 0 Å². The second-order valence-corrected chi connectivity index (χ2v) is 6.69. The predicted octanol–water partition coefficient (Wildman–Crippen LogP) is 2.91. The SMILES string of the molecule is O=S(=O)(Nc1cccc2cccnc12)c1c[nH]c2ncccc12. The molecule has 0 radical (unpaired) electrons. The van der Waals surface area contributed by atoms with Gasteiger partial charge in [-0.25, -0.2) is 13.4 Å². The van der Waals surface area contributed by atoms with Crippen LogP contribution in [0.15, 0.2) is 66.0 Å². The lowest BCUT2D eigenvalue weighted by Crippen LogP contribution is -2.13. The van der Waals surface area contributed by atoms with Gasteiger partial charge in [0.15, 0.2) is 0 Å². The summed E-state index contributed by atoms with van der Waals surface area (Å²) in [7, 11) is -3.75. The van der Waals surface area contributed by atoms with Crippen molar-refractivity contribution < 1.29 is 8.42 Å². The highest BCUT2D eigenvalue weighted by molar-refractivity contribution is 7.93. The highest BCUT2D eigenvalue weighted by Crippen LogP contribution is 2.26. The summed E-state index contributed by atoms with van der Waals surface area (Å²) in [4.78, 5) is 11.4. The van der Waals surface area contributed by atoms with Crippen LogP contribution < -0.4 is 4.72 Å². The van der Waals surface area contributed by atoms with Crippen LogP contribution in [0, 0.1) is 0 Å². The summed E-state index contributed by atoms with van der Waals surface area (Å²) in [5.41, 5.74) is 1.59. The number of anilines is 1. The van der Waals surface area contributed by atoms with Gasteiger partial charge in [-0.1, -0.05) is 18.2 Å². The average Bonchev–Trinajstić information content (AvgIpc) is 3.00. The molecule has 1 aromatic carbocycles. The maximum absolute atomic E-state index is 12.7. The summed E-state index contributed by atoms with van der Waals surface area (Å²) in [5.74, 6) is 0. The molecule has 0 aliphatic carbocycles. The quantitative estimate of drug-likeness (QED) is 0.606. The van der Waals surface area contributed by atoms with Gasteiger partial charge >= 0.3 is 0 Å². The van der Waals surface area contributed by atoms with Crippen LogP contribution in [-0.2, 0) is 10.0 Å². The molecule has 0 bridgehead atoms. The summed E-state index contributed by atoms with van der Waals surface area (Å²) >= 11 is 0. The predicted molar refractivity (Wildman–Crippen MR) is 88.6 cm³/mol. The maximum atomic E-state index is 12.7. The maximum Gasteiger partial charge on any atom is 0.264 e. The molecule has 2 N–H and O–H groups in total. The number of fused-ring (bicyclic) bond motifs is 2. The molecular formula is C16H12N4O2S. The number of hydrogen-bond donors (Lipinski definition) is 2. The minimum Gasteiger partial charge on any atom is -0.345 e. The van der Waals surface area contributed by atoms with Crippen LogP contribution in [0.4, 0.5) is 5.69 Å². The first kappa shape index (κ1) is 13.7. The van der Waals surface area contributed by atoms with Crippen molar-refractivity contribution in [3.63, 3.8) is 0 Å². The Hall–Kier alpha value is -2.93. The van der Waals surface area contributed by atoms with E-state index < -0.39 is 10.0 Å². The lowest BCUT2D eigenvalue weighted by molar-refractivity contribution is 0.602. The van der Waals surface area contributed by atoms with E-state index in [1.807, 2.05) is 18.2 Å². The number of pyridine rings is 2. The largest absolute Gasteiger partial charge is 0.345 e. The highest BCUT2D eigenvalue weighted by atomic mass is 32.2. The van der Waals surface area contributed by atoms with Crippen molar-refractivity contribution in [2.45, 2.75) is 4.90 Å². The summed E-state index contributed by atoms with van der Waals surface area (Å²) in [6.45, 7) is 0. The second-order valence-electron chi connectivity index (χ2n) is 5.04. The number of para-hydroxylation sites is 1. The topological polar surface area (TPSA) is 87.7 Å². The number of benzene rings is 1. The Balaban J connectivity index is 1.83. The zero-order valence-corrected chi connectivity index (χ0v) is 12.7. The van der Waals surface area contributed by atoms with E-state index in [-0.39, 0.29) is 4.90 Å². The minimum atomic E-state index is -3.75. The van der Waals surface area contributed by atoms with Crippen LogP contribution in [0.1, 0.15) is 0 Å². The van der Waals surface area contributed by atoms with Crippen molar-refractivity contribution in [3.05, 3.63) is 61.1 Å². The number of aromatic amines is 1. The molecule has 0 atom stereocenters. The molecule has 0 saturated heterocycles. The van der Waals surface area contributed by atoms with E-state index in [1.54, 1.807) is 36.7 Å². The Labute approximate surface area is 132 Å². The molecule has 6 nitrogen and oxygen atoms in total. The number of rotatable bonds is 3. The Bertz CT molecular complexity index is 1110. The zero-order chi connectivity index (χ0) is 15.9. The molecule has 23 heavy (non-hydrogen) atoms. The van der Waals surface area contributed by atoms with E-state index >= 15 is 0 Å². The van der Waals surface area contributed by atoms with E-state index in [0.717, 1.165) is 5.39 Å². The minimum absolute atomic E-state index is 0.161. The molecule has 0 aliphatic rings. The Morgan fingerprint density at radius 3 is 2.65 bits per heavy atom. The van der Waals surface area contributed by atoms with E-state index in [9.17, 15) is 8.42 Å². The fraction of sp³-hybridized carbons (Fsp3) is 0. The fourth-order valence-corrected chi connectivity index (χ4v) is 3.77. The third-order valence-electron chi connectivity index (χ3n) is 3.58. The Kier molecular flexibility index (Phi) is 3.02. The van der Waals surface area contributed by atoms with Gasteiger partial charge in [-0.05, 0) is 24.3 Å². The molecule has 0 fully saturated rings. The monoisotopic (exact) mass is 324 g/mol. The molecule has 0 aliphatic heterocycles. The van der Waals surface area contributed by atoms with E-state index in [4.69, 9.17) is 0 Å². The molecule has 0 amide bonds. The molecule has 0 saturated carbocycles. The molecule has 4 rings (SSSR count). The highest BCUT2D eigenvalue weighted by Gasteiger charge is 2.20. The van der Waals surface area contributed by atoms with Crippen LogP contribution in [-0.4, -0.2) is 23.4 Å². The third kappa shape index (κ3) is 2.31.